The number of amides is 1. The molecule has 0 saturated heterocycles. The summed E-state index contributed by atoms with van der Waals surface area (Å²) in [7, 11) is 1.35. The second kappa shape index (κ2) is 6.80. The predicted molar refractivity (Wildman–Crippen MR) is 68.5 cm³/mol. The molecule has 0 fully saturated rings. The standard InChI is InChI=1S/C11H15N3O2S/c1-16-11(15)14(6-4-10(12)17)8-9-3-2-5-13-7-9/h2-3,5,7H,4,6,8H2,1H3,(H2,12,17). The Balaban J connectivity index is 2.63. The Bertz CT molecular complexity index is 384. The van der Waals surface area contributed by atoms with E-state index in [1.807, 2.05) is 12.1 Å². The van der Waals surface area contributed by atoms with Crippen LogP contribution in [0.25, 0.3) is 0 Å². The predicted octanol–water partition coefficient (Wildman–Crippen LogP) is 1.33. The zero-order valence-corrected chi connectivity index (χ0v) is 10.4. The van der Waals surface area contributed by atoms with Gasteiger partial charge in [-0.05, 0) is 11.6 Å². The normalized spacial score (nSPS) is 9.71. The van der Waals surface area contributed by atoms with Crippen molar-refractivity contribution >= 4 is 23.3 Å². The van der Waals surface area contributed by atoms with Crippen molar-refractivity contribution < 1.29 is 9.53 Å². The fourth-order valence-corrected chi connectivity index (χ4v) is 1.41. The molecule has 0 aliphatic carbocycles. The highest BCUT2D eigenvalue weighted by Crippen LogP contribution is 2.05. The molecule has 1 rings (SSSR count). The van der Waals surface area contributed by atoms with Gasteiger partial charge in [-0.15, -0.1) is 0 Å². The van der Waals surface area contributed by atoms with E-state index in [2.05, 4.69) is 4.98 Å². The van der Waals surface area contributed by atoms with Crippen LogP contribution in [0, 0.1) is 0 Å². The zero-order chi connectivity index (χ0) is 12.7. The molecule has 0 radical (unpaired) electrons. The van der Waals surface area contributed by atoms with E-state index in [9.17, 15) is 4.79 Å². The SMILES string of the molecule is COC(=O)N(CCC(N)=S)Cc1cccnc1. The summed E-state index contributed by atoms with van der Waals surface area (Å²) in [6, 6.07) is 3.71. The van der Waals surface area contributed by atoms with Crippen LogP contribution in [0.1, 0.15) is 12.0 Å². The van der Waals surface area contributed by atoms with Crippen LogP contribution in [-0.4, -0.2) is 34.6 Å². The maximum absolute atomic E-state index is 11.5. The number of aromatic nitrogens is 1. The minimum atomic E-state index is -0.398. The summed E-state index contributed by atoms with van der Waals surface area (Å²) in [4.78, 5) is 17.4. The second-order valence-electron chi connectivity index (χ2n) is 3.47. The van der Waals surface area contributed by atoms with Crippen molar-refractivity contribution in [1.29, 1.82) is 0 Å². The molecule has 17 heavy (non-hydrogen) atoms. The molecule has 6 heteroatoms. The average Bonchev–Trinajstić information content (AvgIpc) is 2.34. The van der Waals surface area contributed by atoms with E-state index in [-0.39, 0.29) is 0 Å². The Morgan fingerprint density at radius 3 is 2.94 bits per heavy atom. The largest absolute Gasteiger partial charge is 0.453 e. The van der Waals surface area contributed by atoms with Crippen molar-refractivity contribution in [1.82, 2.24) is 9.88 Å². The first kappa shape index (κ1) is 13.4. The molecule has 92 valence electrons. The molecule has 1 aromatic rings. The highest BCUT2D eigenvalue weighted by molar-refractivity contribution is 7.80. The third-order valence-electron chi connectivity index (χ3n) is 2.16. The molecule has 5 nitrogen and oxygen atoms in total. The van der Waals surface area contributed by atoms with Gasteiger partial charge in [-0.25, -0.2) is 4.79 Å². The van der Waals surface area contributed by atoms with Gasteiger partial charge in [0.2, 0.25) is 0 Å². The molecule has 0 aliphatic rings. The van der Waals surface area contributed by atoms with Crippen molar-refractivity contribution in [3.8, 4) is 0 Å². The van der Waals surface area contributed by atoms with Crippen molar-refractivity contribution in [2.45, 2.75) is 13.0 Å². The topological polar surface area (TPSA) is 68.5 Å². The number of ether oxygens (including phenoxy) is 1. The zero-order valence-electron chi connectivity index (χ0n) is 9.63. The van der Waals surface area contributed by atoms with Gasteiger partial charge in [0.25, 0.3) is 0 Å². The van der Waals surface area contributed by atoms with Crippen LogP contribution in [0.3, 0.4) is 0 Å². The summed E-state index contributed by atoms with van der Waals surface area (Å²) >= 11 is 4.79. The lowest BCUT2D eigenvalue weighted by atomic mass is 10.2. The molecule has 1 aromatic heterocycles. The van der Waals surface area contributed by atoms with Gasteiger partial charge >= 0.3 is 6.09 Å². The van der Waals surface area contributed by atoms with Crippen LogP contribution in [-0.2, 0) is 11.3 Å². The van der Waals surface area contributed by atoms with Crippen molar-refractivity contribution in [2.75, 3.05) is 13.7 Å². The summed E-state index contributed by atoms with van der Waals surface area (Å²) in [5.74, 6) is 0. The Morgan fingerprint density at radius 2 is 2.41 bits per heavy atom. The third kappa shape index (κ3) is 4.78. The van der Waals surface area contributed by atoms with Gasteiger partial charge in [-0.3, -0.25) is 4.98 Å². The van der Waals surface area contributed by atoms with E-state index in [1.165, 1.54) is 12.0 Å². The number of carbonyl (C=O) groups is 1. The van der Waals surface area contributed by atoms with Crippen LogP contribution in [0.4, 0.5) is 4.79 Å². The van der Waals surface area contributed by atoms with Gasteiger partial charge in [0.05, 0.1) is 18.6 Å². The first-order valence-electron chi connectivity index (χ1n) is 5.13. The van der Waals surface area contributed by atoms with Crippen LogP contribution in [0.2, 0.25) is 0 Å². The molecule has 0 bridgehead atoms. The maximum Gasteiger partial charge on any atom is 0.409 e. The van der Waals surface area contributed by atoms with E-state index in [1.54, 1.807) is 12.4 Å². The molecule has 1 amide bonds. The van der Waals surface area contributed by atoms with Gasteiger partial charge in [0.1, 0.15) is 0 Å². The van der Waals surface area contributed by atoms with E-state index in [4.69, 9.17) is 22.7 Å². The summed E-state index contributed by atoms with van der Waals surface area (Å²) in [6.07, 6.45) is 3.47. The molecule has 2 N–H and O–H groups in total. The van der Waals surface area contributed by atoms with E-state index >= 15 is 0 Å². The number of hydrogen-bond donors (Lipinski definition) is 1. The molecular formula is C11H15N3O2S. The maximum atomic E-state index is 11.5. The molecule has 0 aliphatic heterocycles. The number of methoxy groups -OCH3 is 1. The molecular weight excluding hydrogens is 238 g/mol. The summed E-state index contributed by atoms with van der Waals surface area (Å²) in [6.45, 7) is 0.875. The Hall–Kier alpha value is -1.69. The number of rotatable bonds is 5. The van der Waals surface area contributed by atoms with E-state index in [0.717, 1.165) is 5.56 Å². The molecule has 0 atom stereocenters. The highest BCUT2D eigenvalue weighted by Gasteiger charge is 2.14. The number of thiocarbonyl (C=S) groups is 1. The first-order chi connectivity index (χ1) is 8.13. The van der Waals surface area contributed by atoms with Crippen molar-refractivity contribution in [2.24, 2.45) is 5.73 Å². The van der Waals surface area contributed by atoms with E-state index in [0.29, 0.717) is 24.5 Å². The monoisotopic (exact) mass is 253 g/mol. The van der Waals surface area contributed by atoms with Gasteiger partial charge in [-0.1, -0.05) is 18.3 Å². The van der Waals surface area contributed by atoms with Crippen molar-refractivity contribution in [3.05, 3.63) is 30.1 Å². The smallest absolute Gasteiger partial charge is 0.409 e. The number of carbonyl (C=O) groups excluding carboxylic acids is 1. The third-order valence-corrected chi connectivity index (χ3v) is 2.36. The number of hydrogen-bond acceptors (Lipinski definition) is 4. The van der Waals surface area contributed by atoms with Gasteiger partial charge in [0, 0.05) is 25.4 Å². The summed E-state index contributed by atoms with van der Waals surface area (Å²) < 4.78 is 4.70. The first-order valence-corrected chi connectivity index (χ1v) is 5.54. The lowest BCUT2D eigenvalue weighted by molar-refractivity contribution is 0.122. The lowest BCUT2D eigenvalue weighted by Gasteiger charge is -2.20. The number of nitrogens with zero attached hydrogens (tertiary/aromatic N) is 2. The highest BCUT2D eigenvalue weighted by atomic mass is 32.1. The average molecular weight is 253 g/mol. The van der Waals surface area contributed by atoms with Crippen LogP contribution >= 0.6 is 12.2 Å². The van der Waals surface area contributed by atoms with Crippen LogP contribution < -0.4 is 5.73 Å². The fourth-order valence-electron chi connectivity index (χ4n) is 1.32. The lowest BCUT2D eigenvalue weighted by Crippen LogP contribution is -2.33. The number of pyridine rings is 1. The Kier molecular flexibility index (Phi) is 5.35. The Labute approximate surface area is 106 Å². The summed E-state index contributed by atoms with van der Waals surface area (Å²) in [5.41, 5.74) is 6.35. The second-order valence-corrected chi connectivity index (χ2v) is 3.99. The molecule has 0 unspecified atom stereocenters. The minimum absolute atomic E-state index is 0.380. The molecule has 0 aromatic carbocycles. The molecule has 1 heterocycles. The Morgan fingerprint density at radius 1 is 1.65 bits per heavy atom. The van der Waals surface area contributed by atoms with Crippen LogP contribution in [0.5, 0.6) is 0 Å². The van der Waals surface area contributed by atoms with Crippen LogP contribution in [0.15, 0.2) is 24.5 Å². The quantitative estimate of drug-likeness (QED) is 0.802. The van der Waals surface area contributed by atoms with Crippen molar-refractivity contribution in [3.63, 3.8) is 0 Å². The summed E-state index contributed by atoms with van der Waals surface area (Å²) in [5, 5.41) is 0. The van der Waals surface area contributed by atoms with Gasteiger partial charge in [-0.2, -0.15) is 0 Å². The van der Waals surface area contributed by atoms with Gasteiger partial charge in [0.15, 0.2) is 0 Å². The fraction of sp³-hybridized carbons (Fsp3) is 0.364. The van der Waals surface area contributed by atoms with E-state index < -0.39 is 6.09 Å². The number of nitrogens with two attached hydrogens (primary N) is 1. The minimum Gasteiger partial charge on any atom is -0.453 e. The molecule has 0 saturated carbocycles. The molecule has 0 spiro atoms. The van der Waals surface area contributed by atoms with Gasteiger partial charge < -0.3 is 15.4 Å².